The molecule has 0 aliphatic heterocycles. The van der Waals surface area contributed by atoms with Gasteiger partial charge in [0.15, 0.2) is 0 Å². The SMILES string of the molecule is COCc1cccc(-c2nc(C3CC3)sc2N)c1. The lowest BCUT2D eigenvalue weighted by Crippen LogP contribution is -1.90. The molecule has 18 heavy (non-hydrogen) atoms. The van der Waals surface area contributed by atoms with Crippen LogP contribution < -0.4 is 5.73 Å². The molecule has 1 aromatic heterocycles. The minimum absolute atomic E-state index is 0.618. The highest BCUT2D eigenvalue weighted by Gasteiger charge is 2.28. The fourth-order valence-electron chi connectivity index (χ4n) is 2.04. The average Bonchev–Trinajstić information content (AvgIpc) is 3.14. The van der Waals surface area contributed by atoms with Gasteiger partial charge in [-0.1, -0.05) is 18.2 Å². The fourth-order valence-corrected chi connectivity index (χ4v) is 3.06. The van der Waals surface area contributed by atoms with Crippen molar-refractivity contribution in [1.29, 1.82) is 0 Å². The Morgan fingerprint density at radius 3 is 3.00 bits per heavy atom. The van der Waals surface area contributed by atoms with Gasteiger partial charge in [-0.2, -0.15) is 0 Å². The average molecular weight is 260 g/mol. The second-order valence-corrected chi connectivity index (χ2v) is 5.73. The van der Waals surface area contributed by atoms with E-state index < -0.39 is 0 Å². The highest BCUT2D eigenvalue weighted by Crippen LogP contribution is 2.45. The van der Waals surface area contributed by atoms with Crippen molar-refractivity contribution in [3.63, 3.8) is 0 Å². The largest absolute Gasteiger partial charge is 0.389 e. The number of rotatable bonds is 4. The topological polar surface area (TPSA) is 48.1 Å². The van der Waals surface area contributed by atoms with Crippen LogP contribution in [0.4, 0.5) is 5.00 Å². The standard InChI is InChI=1S/C14H16N2OS/c1-17-8-9-3-2-4-11(7-9)12-13(15)18-14(16-12)10-5-6-10/h2-4,7,10H,5-6,8,15H2,1H3. The van der Waals surface area contributed by atoms with E-state index in [9.17, 15) is 0 Å². The number of hydrogen-bond acceptors (Lipinski definition) is 4. The first-order valence-electron chi connectivity index (χ1n) is 6.12. The Morgan fingerprint density at radius 1 is 1.44 bits per heavy atom. The molecule has 4 heteroatoms. The Kier molecular flexibility index (Phi) is 3.06. The number of nitrogens with zero attached hydrogens (tertiary/aromatic N) is 1. The molecule has 1 aliphatic rings. The van der Waals surface area contributed by atoms with Crippen molar-refractivity contribution in [3.05, 3.63) is 34.8 Å². The molecule has 3 nitrogen and oxygen atoms in total. The predicted molar refractivity (Wildman–Crippen MR) is 74.7 cm³/mol. The fraction of sp³-hybridized carbons (Fsp3) is 0.357. The van der Waals surface area contributed by atoms with E-state index in [1.54, 1.807) is 18.4 Å². The van der Waals surface area contributed by atoms with Crippen LogP contribution in [-0.2, 0) is 11.3 Å². The van der Waals surface area contributed by atoms with Crippen molar-refractivity contribution < 1.29 is 4.74 Å². The normalized spacial score (nSPS) is 14.9. The Morgan fingerprint density at radius 2 is 2.28 bits per heavy atom. The Bertz CT molecular complexity index is 561. The van der Waals surface area contributed by atoms with Crippen molar-refractivity contribution in [3.8, 4) is 11.3 Å². The van der Waals surface area contributed by atoms with Gasteiger partial charge < -0.3 is 10.5 Å². The predicted octanol–water partition coefficient (Wildman–Crippen LogP) is 3.42. The van der Waals surface area contributed by atoms with Crippen molar-refractivity contribution in [1.82, 2.24) is 4.98 Å². The number of ether oxygens (including phenoxy) is 1. The maximum Gasteiger partial charge on any atom is 0.114 e. The lowest BCUT2D eigenvalue weighted by Gasteiger charge is -2.03. The van der Waals surface area contributed by atoms with Crippen LogP contribution in [0.5, 0.6) is 0 Å². The molecule has 2 N–H and O–H groups in total. The molecular formula is C14H16N2OS. The minimum atomic E-state index is 0.618. The third-order valence-electron chi connectivity index (χ3n) is 3.11. The first-order chi connectivity index (χ1) is 8.78. The molecule has 0 spiro atoms. The highest BCUT2D eigenvalue weighted by molar-refractivity contribution is 7.16. The first-order valence-corrected chi connectivity index (χ1v) is 6.94. The zero-order valence-corrected chi connectivity index (χ0v) is 11.2. The molecule has 94 valence electrons. The summed E-state index contributed by atoms with van der Waals surface area (Å²) in [6, 6.07) is 8.24. The van der Waals surface area contributed by atoms with E-state index in [1.807, 2.05) is 6.07 Å². The quantitative estimate of drug-likeness (QED) is 0.916. The summed E-state index contributed by atoms with van der Waals surface area (Å²) in [5.41, 5.74) is 9.25. The van der Waals surface area contributed by atoms with Crippen LogP contribution in [0.2, 0.25) is 0 Å². The maximum atomic E-state index is 6.09. The van der Waals surface area contributed by atoms with Gasteiger partial charge in [-0.25, -0.2) is 4.98 Å². The van der Waals surface area contributed by atoms with Gasteiger partial charge in [-0.3, -0.25) is 0 Å². The van der Waals surface area contributed by atoms with Crippen LogP contribution in [0.25, 0.3) is 11.3 Å². The molecule has 0 atom stereocenters. The Hall–Kier alpha value is -1.39. The number of nitrogen functional groups attached to an aromatic ring is 1. The van der Waals surface area contributed by atoms with Gasteiger partial charge in [0.05, 0.1) is 11.6 Å². The van der Waals surface area contributed by atoms with E-state index >= 15 is 0 Å². The van der Waals surface area contributed by atoms with E-state index in [1.165, 1.54) is 17.8 Å². The summed E-state index contributed by atoms with van der Waals surface area (Å²) in [5, 5.41) is 2.02. The van der Waals surface area contributed by atoms with Crippen LogP contribution in [0.3, 0.4) is 0 Å². The molecule has 1 aromatic carbocycles. The molecule has 0 bridgehead atoms. The number of thiazole rings is 1. The summed E-state index contributed by atoms with van der Waals surface area (Å²) in [5.74, 6) is 0.660. The first kappa shape index (κ1) is 11.7. The van der Waals surface area contributed by atoms with Crippen LogP contribution in [-0.4, -0.2) is 12.1 Å². The number of hydrogen-bond donors (Lipinski definition) is 1. The number of anilines is 1. The van der Waals surface area contributed by atoms with Gasteiger partial charge in [0.2, 0.25) is 0 Å². The van der Waals surface area contributed by atoms with Crippen LogP contribution in [0.1, 0.15) is 29.3 Å². The van der Waals surface area contributed by atoms with E-state index in [0.29, 0.717) is 12.5 Å². The number of benzene rings is 1. The zero-order valence-electron chi connectivity index (χ0n) is 10.3. The molecule has 0 radical (unpaired) electrons. The van der Waals surface area contributed by atoms with E-state index in [0.717, 1.165) is 21.8 Å². The summed E-state index contributed by atoms with van der Waals surface area (Å²) in [6.45, 7) is 0.618. The number of methoxy groups -OCH3 is 1. The zero-order chi connectivity index (χ0) is 12.5. The van der Waals surface area contributed by atoms with Crippen LogP contribution in [0, 0.1) is 0 Å². The lowest BCUT2D eigenvalue weighted by molar-refractivity contribution is 0.185. The lowest BCUT2D eigenvalue weighted by atomic mass is 10.1. The van der Waals surface area contributed by atoms with E-state index in [4.69, 9.17) is 15.5 Å². The smallest absolute Gasteiger partial charge is 0.114 e. The van der Waals surface area contributed by atoms with Gasteiger partial charge in [0.25, 0.3) is 0 Å². The second kappa shape index (κ2) is 4.71. The summed E-state index contributed by atoms with van der Waals surface area (Å²) >= 11 is 1.63. The number of nitrogens with two attached hydrogens (primary N) is 1. The van der Waals surface area contributed by atoms with Crippen molar-refractivity contribution in [2.24, 2.45) is 0 Å². The molecule has 0 saturated heterocycles. The van der Waals surface area contributed by atoms with Crippen molar-refractivity contribution in [2.75, 3.05) is 12.8 Å². The van der Waals surface area contributed by atoms with Crippen molar-refractivity contribution in [2.45, 2.75) is 25.4 Å². The molecule has 1 saturated carbocycles. The Labute approximate surface area is 111 Å². The summed E-state index contributed by atoms with van der Waals surface area (Å²) < 4.78 is 5.15. The number of aromatic nitrogens is 1. The van der Waals surface area contributed by atoms with Gasteiger partial charge in [0.1, 0.15) is 10.7 Å². The van der Waals surface area contributed by atoms with Crippen LogP contribution in [0.15, 0.2) is 24.3 Å². The molecule has 3 rings (SSSR count). The second-order valence-electron chi connectivity index (χ2n) is 4.67. The third kappa shape index (κ3) is 2.26. The van der Waals surface area contributed by atoms with Gasteiger partial charge in [0, 0.05) is 18.6 Å². The molecule has 0 amide bonds. The summed E-state index contributed by atoms with van der Waals surface area (Å²) in [6.07, 6.45) is 2.52. The van der Waals surface area contributed by atoms with Crippen LogP contribution >= 0.6 is 11.3 Å². The Balaban J connectivity index is 1.95. The summed E-state index contributed by atoms with van der Waals surface area (Å²) in [7, 11) is 1.70. The summed E-state index contributed by atoms with van der Waals surface area (Å²) in [4.78, 5) is 4.70. The third-order valence-corrected chi connectivity index (χ3v) is 4.15. The van der Waals surface area contributed by atoms with Gasteiger partial charge in [-0.05, 0) is 24.5 Å². The molecule has 0 unspecified atom stereocenters. The van der Waals surface area contributed by atoms with Gasteiger partial charge >= 0.3 is 0 Å². The van der Waals surface area contributed by atoms with Crippen molar-refractivity contribution >= 4 is 16.3 Å². The monoisotopic (exact) mass is 260 g/mol. The minimum Gasteiger partial charge on any atom is -0.389 e. The maximum absolute atomic E-state index is 6.09. The molecule has 1 fully saturated rings. The molecule has 1 aliphatic carbocycles. The van der Waals surface area contributed by atoms with Gasteiger partial charge in [-0.15, -0.1) is 11.3 Å². The van der Waals surface area contributed by atoms with E-state index in [2.05, 4.69) is 18.2 Å². The molecule has 1 heterocycles. The van der Waals surface area contributed by atoms with E-state index in [-0.39, 0.29) is 0 Å². The molecule has 2 aromatic rings. The molecular weight excluding hydrogens is 244 g/mol. The highest BCUT2D eigenvalue weighted by atomic mass is 32.1.